The summed E-state index contributed by atoms with van der Waals surface area (Å²) in [6, 6.07) is 13.2. The second-order valence-electron chi connectivity index (χ2n) is 5.63. The summed E-state index contributed by atoms with van der Waals surface area (Å²) < 4.78 is 5.80. The van der Waals surface area contributed by atoms with Gasteiger partial charge in [0.2, 0.25) is 5.91 Å². The fourth-order valence-corrected chi connectivity index (χ4v) is 3.05. The Kier molecular flexibility index (Phi) is 2.94. The molecule has 114 valence electrons. The number of fused-ring (bicyclic) bond motifs is 2. The molecule has 0 aromatic heterocycles. The molecule has 2 amide bonds. The normalized spacial score (nSPS) is 18.2. The summed E-state index contributed by atoms with van der Waals surface area (Å²) in [5, 5.41) is 2.85. The van der Waals surface area contributed by atoms with Gasteiger partial charge in [0.15, 0.2) is 0 Å². The first-order valence-electron chi connectivity index (χ1n) is 7.32. The number of benzene rings is 2. The number of carbonyl (C=O) groups excluding carboxylic acids is 2. The predicted octanol–water partition coefficient (Wildman–Crippen LogP) is 2.06. The average Bonchev–Trinajstić information content (AvgIpc) is 3.06. The van der Waals surface area contributed by atoms with Crippen LogP contribution in [0.5, 0.6) is 0 Å². The lowest BCUT2D eigenvalue weighted by Gasteiger charge is -2.06. The second kappa shape index (κ2) is 4.98. The van der Waals surface area contributed by atoms with Gasteiger partial charge in [-0.15, -0.1) is 0 Å². The van der Waals surface area contributed by atoms with Crippen LogP contribution in [-0.4, -0.2) is 11.8 Å². The molecule has 2 aliphatic heterocycles. The molecule has 0 aliphatic carbocycles. The van der Waals surface area contributed by atoms with E-state index in [1.54, 1.807) is 0 Å². The van der Waals surface area contributed by atoms with Crippen molar-refractivity contribution in [1.82, 2.24) is 0 Å². The third-order valence-corrected chi connectivity index (χ3v) is 4.07. The predicted molar refractivity (Wildman–Crippen MR) is 86.0 cm³/mol. The molecule has 0 saturated heterocycles. The van der Waals surface area contributed by atoms with Crippen LogP contribution in [-0.2, 0) is 27.4 Å². The SMILES string of the molecule is NC(=O)Cc1ccc2c(c1)C(=C1C(=O)Nc3ccccc31)OC2. The molecular formula is C18H14N2O3. The molecule has 0 radical (unpaired) electrons. The minimum Gasteiger partial charge on any atom is -0.487 e. The third kappa shape index (κ3) is 2.17. The average molecular weight is 306 g/mol. The van der Waals surface area contributed by atoms with E-state index in [2.05, 4.69) is 5.32 Å². The molecule has 0 unspecified atom stereocenters. The van der Waals surface area contributed by atoms with Crippen molar-refractivity contribution in [3.63, 3.8) is 0 Å². The number of carbonyl (C=O) groups is 2. The number of hydrogen-bond acceptors (Lipinski definition) is 3. The minimum absolute atomic E-state index is 0.165. The molecule has 5 heteroatoms. The van der Waals surface area contributed by atoms with Gasteiger partial charge < -0.3 is 15.8 Å². The quantitative estimate of drug-likeness (QED) is 0.833. The van der Waals surface area contributed by atoms with Crippen LogP contribution >= 0.6 is 0 Å². The number of nitrogens with two attached hydrogens (primary N) is 1. The first kappa shape index (κ1) is 13.6. The number of anilines is 1. The number of nitrogens with one attached hydrogen (secondary N) is 1. The van der Waals surface area contributed by atoms with Crippen LogP contribution < -0.4 is 11.1 Å². The third-order valence-electron chi connectivity index (χ3n) is 4.07. The van der Waals surface area contributed by atoms with Crippen molar-refractivity contribution < 1.29 is 14.3 Å². The van der Waals surface area contributed by atoms with Gasteiger partial charge in [0.1, 0.15) is 12.4 Å². The number of amides is 2. The molecule has 4 rings (SSSR count). The molecule has 0 fully saturated rings. The van der Waals surface area contributed by atoms with Crippen molar-refractivity contribution in [1.29, 1.82) is 0 Å². The summed E-state index contributed by atoms with van der Waals surface area (Å²) >= 11 is 0. The Balaban J connectivity index is 1.87. The molecule has 2 aromatic rings. The highest BCUT2D eigenvalue weighted by Gasteiger charge is 2.32. The summed E-state index contributed by atoms with van der Waals surface area (Å²) in [6.07, 6.45) is 0.165. The number of ether oxygens (including phenoxy) is 1. The topological polar surface area (TPSA) is 81.4 Å². The van der Waals surface area contributed by atoms with Crippen molar-refractivity contribution in [2.75, 3.05) is 5.32 Å². The molecule has 0 atom stereocenters. The number of rotatable bonds is 2. The van der Waals surface area contributed by atoms with Gasteiger partial charge in [-0.3, -0.25) is 9.59 Å². The van der Waals surface area contributed by atoms with Gasteiger partial charge in [-0.25, -0.2) is 0 Å². The summed E-state index contributed by atoms with van der Waals surface area (Å²) in [5.41, 5.74) is 10.1. The summed E-state index contributed by atoms with van der Waals surface area (Å²) in [7, 11) is 0. The van der Waals surface area contributed by atoms with Crippen molar-refractivity contribution in [2.45, 2.75) is 13.0 Å². The lowest BCUT2D eigenvalue weighted by Crippen LogP contribution is -2.13. The summed E-state index contributed by atoms with van der Waals surface area (Å²) in [4.78, 5) is 23.5. The van der Waals surface area contributed by atoms with E-state index in [0.717, 1.165) is 27.9 Å². The van der Waals surface area contributed by atoms with E-state index >= 15 is 0 Å². The molecule has 0 saturated carbocycles. The van der Waals surface area contributed by atoms with Crippen molar-refractivity contribution in [3.05, 3.63) is 64.7 Å². The van der Waals surface area contributed by atoms with Crippen molar-refractivity contribution >= 4 is 28.8 Å². The molecule has 23 heavy (non-hydrogen) atoms. The van der Waals surface area contributed by atoms with Gasteiger partial charge in [-0.05, 0) is 17.7 Å². The molecule has 2 aromatic carbocycles. The Bertz CT molecular complexity index is 884. The van der Waals surface area contributed by atoms with E-state index in [4.69, 9.17) is 10.5 Å². The van der Waals surface area contributed by atoms with Crippen LogP contribution in [0.4, 0.5) is 5.69 Å². The Hall–Kier alpha value is -3.08. The van der Waals surface area contributed by atoms with E-state index in [9.17, 15) is 9.59 Å². The van der Waals surface area contributed by atoms with E-state index < -0.39 is 0 Å². The van der Waals surface area contributed by atoms with Gasteiger partial charge in [0.05, 0.1) is 12.0 Å². The van der Waals surface area contributed by atoms with E-state index in [-0.39, 0.29) is 18.2 Å². The molecule has 2 aliphatic rings. The van der Waals surface area contributed by atoms with Crippen molar-refractivity contribution in [3.8, 4) is 0 Å². The van der Waals surface area contributed by atoms with Gasteiger partial charge in [0.25, 0.3) is 5.91 Å². The smallest absolute Gasteiger partial charge is 0.260 e. The van der Waals surface area contributed by atoms with Crippen LogP contribution in [0, 0.1) is 0 Å². The Morgan fingerprint density at radius 2 is 2.00 bits per heavy atom. The molecule has 3 N–H and O–H groups in total. The van der Waals surface area contributed by atoms with Crippen molar-refractivity contribution in [2.24, 2.45) is 5.73 Å². The van der Waals surface area contributed by atoms with E-state index in [1.807, 2.05) is 42.5 Å². The molecule has 5 nitrogen and oxygen atoms in total. The highest BCUT2D eigenvalue weighted by Crippen LogP contribution is 2.41. The summed E-state index contributed by atoms with van der Waals surface area (Å²) in [6.45, 7) is 0.417. The van der Waals surface area contributed by atoms with Crippen LogP contribution in [0.1, 0.15) is 22.3 Å². The number of primary amides is 1. The van der Waals surface area contributed by atoms with Gasteiger partial charge in [-0.2, -0.15) is 0 Å². The number of para-hydroxylation sites is 1. The molecular weight excluding hydrogens is 292 g/mol. The summed E-state index contributed by atoms with van der Waals surface area (Å²) in [5.74, 6) is 0.00477. The molecule has 0 spiro atoms. The zero-order valence-corrected chi connectivity index (χ0v) is 12.3. The molecule has 0 bridgehead atoms. The highest BCUT2D eigenvalue weighted by molar-refractivity contribution is 6.36. The van der Waals surface area contributed by atoms with Crippen LogP contribution in [0.15, 0.2) is 42.5 Å². The lowest BCUT2D eigenvalue weighted by molar-refractivity contribution is -0.117. The Labute approximate surface area is 132 Å². The van der Waals surface area contributed by atoms with Gasteiger partial charge >= 0.3 is 0 Å². The maximum Gasteiger partial charge on any atom is 0.260 e. The molecule has 2 heterocycles. The van der Waals surface area contributed by atoms with E-state index in [0.29, 0.717) is 17.9 Å². The monoisotopic (exact) mass is 306 g/mol. The zero-order chi connectivity index (χ0) is 16.0. The lowest BCUT2D eigenvalue weighted by atomic mass is 9.98. The zero-order valence-electron chi connectivity index (χ0n) is 12.3. The van der Waals surface area contributed by atoms with E-state index in [1.165, 1.54) is 0 Å². The minimum atomic E-state index is -0.387. The second-order valence-corrected chi connectivity index (χ2v) is 5.63. The van der Waals surface area contributed by atoms with Gasteiger partial charge in [0, 0.05) is 22.4 Å². The number of hydrogen-bond donors (Lipinski definition) is 2. The first-order chi connectivity index (χ1) is 11.1. The van der Waals surface area contributed by atoms with Gasteiger partial charge in [-0.1, -0.05) is 30.3 Å². The van der Waals surface area contributed by atoms with Crippen LogP contribution in [0.3, 0.4) is 0 Å². The van der Waals surface area contributed by atoms with Crippen LogP contribution in [0.25, 0.3) is 11.3 Å². The largest absolute Gasteiger partial charge is 0.487 e. The standard InChI is InChI=1S/C18H14N2O3/c19-15(21)8-10-5-6-11-9-23-17(13(11)7-10)16-12-3-1-2-4-14(12)20-18(16)22/h1-7H,8-9H2,(H2,19,21)(H,20,22). The Morgan fingerprint density at radius 1 is 1.17 bits per heavy atom. The fourth-order valence-electron chi connectivity index (χ4n) is 3.05. The highest BCUT2D eigenvalue weighted by atomic mass is 16.5. The Morgan fingerprint density at radius 3 is 2.83 bits per heavy atom. The van der Waals surface area contributed by atoms with Crippen LogP contribution in [0.2, 0.25) is 0 Å². The fraction of sp³-hybridized carbons (Fsp3) is 0.111. The first-order valence-corrected chi connectivity index (χ1v) is 7.32. The maximum atomic E-state index is 12.4. The maximum absolute atomic E-state index is 12.4.